The van der Waals surface area contributed by atoms with Crippen LogP contribution >= 0.6 is 11.6 Å². The molecule has 2 aromatic rings. The monoisotopic (exact) mass is 677 g/mol. The Morgan fingerprint density at radius 2 is 2.00 bits per heavy atom. The quantitative estimate of drug-likeness (QED) is 0.172. The second kappa shape index (κ2) is 14.6. The first kappa shape index (κ1) is 35.9. The molecule has 2 unspecified atom stereocenters. The fourth-order valence-electron chi connectivity index (χ4n) is 7.90. The zero-order valence-electron chi connectivity index (χ0n) is 27.8. The molecular weight excluding hydrogens is 633 g/mol. The van der Waals surface area contributed by atoms with Gasteiger partial charge in [0.25, 0.3) is 0 Å². The van der Waals surface area contributed by atoms with E-state index in [1.54, 1.807) is 7.11 Å². The Bertz CT molecular complexity index is 1490. The van der Waals surface area contributed by atoms with Crippen molar-refractivity contribution in [1.29, 1.82) is 0 Å². The van der Waals surface area contributed by atoms with Crippen LogP contribution in [0.5, 0.6) is 5.75 Å². The Kier molecular flexibility index (Phi) is 11.4. The summed E-state index contributed by atoms with van der Waals surface area (Å²) >= 11 is 4.44. The van der Waals surface area contributed by atoms with E-state index in [1.807, 2.05) is 45.0 Å². The van der Waals surface area contributed by atoms with Crippen molar-refractivity contribution in [3.05, 3.63) is 69.8 Å². The summed E-state index contributed by atoms with van der Waals surface area (Å²) in [6, 6.07) is 12.0. The molecule has 6 atom stereocenters. The molecule has 3 aliphatic carbocycles. The summed E-state index contributed by atoms with van der Waals surface area (Å²) in [4.78, 5) is 15.6. The van der Waals surface area contributed by atoms with E-state index in [1.165, 1.54) is 16.7 Å². The minimum atomic E-state index is -2.00. The fourth-order valence-corrected chi connectivity index (χ4v) is 8.59. The molecule has 0 amide bonds. The van der Waals surface area contributed by atoms with Gasteiger partial charge in [0.15, 0.2) is 0 Å². The first-order valence-corrected chi connectivity index (χ1v) is 17.9. The maximum absolute atomic E-state index is 13.2. The van der Waals surface area contributed by atoms with Crippen LogP contribution in [0.1, 0.15) is 80.8 Å². The number of aryl methyl sites for hydroxylation is 1. The van der Waals surface area contributed by atoms with E-state index in [9.17, 15) is 13.6 Å². The number of ether oxygens (including phenoxy) is 3. The third-order valence-corrected chi connectivity index (χ3v) is 11.0. The van der Waals surface area contributed by atoms with Crippen molar-refractivity contribution in [3.63, 3.8) is 0 Å². The van der Waals surface area contributed by atoms with Crippen LogP contribution in [0.4, 0.5) is 5.69 Å². The van der Waals surface area contributed by atoms with E-state index >= 15 is 0 Å². The van der Waals surface area contributed by atoms with Crippen LogP contribution in [0, 0.1) is 17.8 Å². The molecule has 1 fully saturated rings. The van der Waals surface area contributed by atoms with Crippen molar-refractivity contribution in [2.45, 2.75) is 82.8 Å². The zero-order valence-corrected chi connectivity index (χ0v) is 31.4. The molecule has 1 heterocycles. The summed E-state index contributed by atoms with van der Waals surface area (Å²) in [5.74, 6) is 1.76. The molecule has 244 valence electrons. The third kappa shape index (κ3) is 7.74. The molecule has 2 aromatic carbocycles. The molecule has 1 spiro atoms. The van der Waals surface area contributed by atoms with E-state index in [2.05, 4.69) is 23.1 Å². The van der Waals surface area contributed by atoms with Crippen LogP contribution in [0.15, 0.2) is 48.0 Å². The molecule has 10 heteroatoms. The second-order valence-corrected chi connectivity index (χ2v) is 15.9. The molecule has 0 saturated heterocycles. The Labute approximate surface area is 303 Å². The molecule has 4 aliphatic rings. The maximum Gasteiger partial charge on any atom is 1.00 e. The molecule has 0 N–H and O–H groups in total. The molecule has 7 nitrogen and oxygen atoms in total. The van der Waals surface area contributed by atoms with Crippen LogP contribution in [0.2, 0.25) is 5.02 Å². The van der Waals surface area contributed by atoms with Crippen LogP contribution in [0.3, 0.4) is 0 Å². The van der Waals surface area contributed by atoms with Gasteiger partial charge in [0, 0.05) is 36.4 Å². The van der Waals surface area contributed by atoms with Gasteiger partial charge in [-0.25, -0.2) is 4.79 Å². The molecule has 0 aromatic heterocycles. The molecule has 1 saturated carbocycles. The number of carbonyl (C=O) groups is 1. The molecule has 0 radical (unpaired) electrons. The van der Waals surface area contributed by atoms with Gasteiger partial charge in [0.1, 0.15) is 11.4 Å². The number of fused-ring (bicyclic) bond motifs is 3. The number of halogens is 1. The second-order valence-electron chi connectivity index (χ2n) is 14.4. The Morgan fingerprint density at radius 1 is 1.22 bits per heavy atom. The molecule has 6 rings (SSSR count). The number of allylic oxidation sites excluding steroid dienone is 1. The number of esters is 1. The number of hydrogen-bond donors (Lipinski definition) is 0. The van der Waals surface area contributed by atoms with E-state index in [-0.39, 0.29) is 52.8 Å². The Hall–Kier alpha value is -1.39. The number of carbonyl (C=O) groups excluding carboxylic acids is 1. The van der Waals surface area contributed by atoms with Crippen molar-refractivity contribution < 1.29 is 57.3 Å². The maximum atomic E-state index is 13.2. The van der Waals surface area contributed by atoms with Crippen molar-refractivity contribution in [2.24, 2.45) is 17.8 Å². The van der Waals surface area contributed by atoms with Crippen LogP contribution in [0.25, 0.3) is 0 Å². The number of rotatable bonds is 9. The summed E-state index contributed by atoms with van der Waals surface area (Å²) in [6.07, 6.45) is 9.14. The van der Waals surface area contributed by atoms with Crippen molar-refractivity contribution in [3.8, 4) is 5.75 Å². The van der Waals surface area contributed by atoms with Crippen molar-refractivity contribution >= 4 is 34.3 Å². The minimum Gasteiger partial charge on any atom is -0.772 e. The predicted molar refractivity (Wildman–Crippen MR) is 177 cm³/mol. The summed E-state index contributed by atoms with van der Waals surface area (Å²) in [5, 5.41) is 0.763. The van der Waals surface area contributed by atoms with Gasteiger partial charge < -0.3 is 23.7 Å². The van der Waals surface area contributed by atoms with E-state index in [0.29, 0.717) is 36.3 Å². The first-order chi connectivity index (χ1) is 21.4. The minimum absolute atomic E-state index is 0. The average Bonchev–Trinajstić information content (AvgIpc) is 3.09. The van der Waals surface area contributed by atoms with Gasteiger partial charge in [-0.2, -0.15) is 0 Å². The van der Waals surface area contributed by atoms with Crippen LogP contribution in [-0.4, -0.2) is 59.0 Å². The third-order valence-electron chi connectivity index (χ3n) is 10.2. The van der Waals surface area contributed by atoms with E-state index in [0.717, 1.165) is 68.1 Å². The molecule has 46 heavy (non-hydrogen) atoms. The number of hydrogen-bond acceptors (Lipinski definition) is 7. The van der Waals surface area contributed by atoms with Gasteiger partial charge in [-0.3, -0.25) is 4.21 Å². The van der Waals surface area contributed by atoms with Crippen molar-refractivity contribution in [2.75, 3.05) is 37.5 Å². The van der Waals surface area contributed by atoms with Gasteiger partial charge in [-0.15, -0.1) is 0 Å². The van der Waals surface area contributed by atoms with Gasteiger partial charge in [0.05, 0.1) is 24.0 Å². The molecular formula is C36H45ClNNaO6S. The van der Waals surface area contributed by atoms with E-state index < -0.39 is 16.7 Å². The van der Waals surface area contributed by atoms with E-state index in [4.69, 9.17) is 25.8 Å². The molecule has 1 aliphatic heterocycles. The van der Waals surface area contributed by atoms with Crippen LogP contribution < -0.4 is 39.2 Å². The molecule has 0 bridgehead atoms. The number of nitrogens with zero attached hydrogens (tertiary/aromatic N) is 1. The SMILES string of the molecule is CO[C@@H](C1=CC(CCS(=O)[O-])C1)[C@@H]1CC[C@H]1CN1C[C@@]2(CCCc3cc(Cl)ccc32)COc2ccc(C(=O)OC(C)(C)C)cc21.[Na+]. The predicted octanol–water partition coefficient (Wildman–Crippen LogP) is 4.03. The topological polar surface area (TPSA) is 88.1 Å². The summed E-state index contributed by atoms with van der Waals surface area (Å²) in [5.41, 5.74) is 4.58. The summed E-state index contributed by atoms with van der Waals surface area (Å²) in [7, 11) is 1.79. The van der Waals surface area contributed by atoms with Crippen molar-refractivity contribution in [1.82, 2.24) is 0 Å². The average molecular weight is 678 g/mol. The smallest absolute Gasteiger partial charge is 0.772 e. The van der Waals surface area contributed by atoms with Gasteiger partial charge in [-0.05, 0) is 131 Å². The first-order valence-electron chi connectivity index (χ1n) is 16.3. The normalized spacial score (nSPS) is 26.5. The van der Waals surface area contributed by atoms with Gasteiger partial charge in [0.2, 0.25) is 0 Å². The zero-order chi connectivity index (χ0) is 31.9. The Morgan fingerprint density at radius 3 is 2.67 bits per heavy atom. The standard InChI is InChI=1S/C36H46ClNO6S.Na/c1-35(2,3)44-34(39)25-8-12-32-31(19-25)38(21-36(22-43-32)14-5-6-24-18-28(37)9-11-30(24)36)20-26-7-10-29(26)33(42-4)27-16-23(17-27)13-15-45(40)41;/h8-9,11-12,16,18-19,23,26,29,33H,5-7,10,13-15,17,20-22H2,1-4H3,(H,40,41);/q;+1/p-1/t23?,26-,29+,33-,36-;/m0./s1. The van der Waals surface area contributed by atoms with Crippen LogP contribution in [-0.2, 0) is 32.4 Å². The summed E-state index contributed by atoms with van der Waals surface area (Å²) < 4.78 is 40.6. The largest absolute Gasteiger partial charge is 1.00 e. The summed E-state index contributed by atoms with van der Waals surface area (Å²) in [6.45, 7) is 7.82. The number of methoxy groups -OCH3 is 1. The number of anilines is 1. The van der Waals surface area contributed by atoms with Gasteiger partial charge >= 0.3 is 35.5 Å². The van der Waals surface area contributed by atoms with Gasteiger partial charge in [-0.1, -0.05) is 34.8 Å². The number of benzene rings is 2. The Balaban J connectivity index is 0.00000417. The fraction of sp³-hybridized carbons (Fsp3) is 0.583.